The van der Waals surface area contributed by atoms with Crippen LogP contribution in [-0.2, 0) is 14.3 Å². The lowest BCUT2D eigenvalue weighted by atomic mass is 9.69. The molecule has 6 heteroatoms. The number of benzene rings is 2. The van der Waals surface area contributed by atoms with Crippen molar-refractivity contribution in [1.82, 2.24) is 0 Å². The molecule has 0 N–H and O–H groups in total. The van der Waals surface area contributed by atoms with Crippen LogP contribution in [0.3, 0.4) is 0 Å². The van der Waals surface area contributed by atoms with E-state index >= 15 is 0 Å². The Labute approximate surface area is 219 Å². The number of ether oxygens (including phenoxy) is 3. The Morgan fingerprint density at radius 3 is 2.46 bits per heavy atom. The van der Waals surface area contributed by atoms with Gasteiger partial charge in [0.05, 0.1) is 20.3 Å². The van der Waals surface area contributed by atoms with Gasteiger partial charge in [-0.15, -0.1) is 0 Å². The molecule has 1 unspecified atom stereocenters. The summed E-state index contributed by atoms with van der Waals surface area (Å²) in [5, 5.41) is 0. The van der Waals surface area contributed by atoms with Crippen LogP contribution in [0.25, 0.3) is 0 Å². The van der Waals surface area contributed by atoms with E-state index in [1.165, 1.54) is 0 Å². The monoisotopic (exact) mass is 503 g/mol. The normalized spacial score (nSPS) is 21.2. The first-order chi connectivity index (χ1) is 18.0. The van der Waals surface area contributed by atoms with Crippen LogP contribution in [0.15, 0.2) is 64.8 Å². The van der Waals surface area contributed by atoms with Crippen LogP contribution in [0, 0.1) is 5.92 Å². The van der Waals surface area contributed by atoms with Gasteiger partial charge in [0, 0.05) is 29.3 Å². The smallest absolute Gasteiger partial charge is 0.315 e. The highest BCUT2D eigenvalue weighted by Crippen LogP contribution is 2.48. The Kier molecular flexibility index (Phi) is 8.80. The molecule has 0 radical (unpaired) electrons. The van der Waals surface area contributed by atoms with Crippen LogP contribution in [-0.4, -0.2) is 37.8 Å². The summed E-state index contributed by atoms with van der Waals surface area (Å²) in [6, 6.07) is 15.8. The number of unbranched alkanes of at least 4 members (excludes halogenated alkanes) is 1. The minimum atomic E-state index is -0.667. The molecule has 0 spiro atoms. The van der Waals surface area contributed by atoms with E-state index in [1.807, 2.05) is 50.2 Å². The lowest BCUT2D eigenvalue weighted by Crippen LogP contribution is -2.38. The summed E-state index contributed by atoms with van der Waals surface area (Å²) < 4.78 is 17.2. The minimum Gasteiger partial charge on any atom is -0.493 e. The molecule has 4 rings (SSSR count). The first-order valence-electron chi connectivity index (χ1n) is 13.3. The number of aliphatic imine (C=N–C) groups is 1. The number of Topliss-reactive ketones (excluding diaryl/α,β-unsaturated/α-hetero) is 1. The minimum absolute atomic E-state index is 0.0352. The van der Waals surface area contributed by atoms with Gasteiger partial charge in [0.25, 0.3) is 0 Å². The SMILES string of the molecule is CCCCOC(=O)C1C(C)=NC2=C(C(=O)C[C@@H](c3ccccc3)C2)[C@H]1c1ccc(OCCC)c(OC)c1. The maximum absolute atomic E-state index is 13.8. The quantitative estimate of drug-likeness (QED) is 0.277. The molecule has 1 aliphatic carbocycles. The first-order valence-corrected chi connectivity index (χ1v) is 13.3. The third-order valence-electron chi connectivity index (χ3n) is 7.16. The molecule has 2 aromatic carbocycles. The van der Waals surface area contributed by atoms with Crippen molar-refractivity contribution in [3.63, 3.8) is 0 Å². The van der Waals surface area contributed by atoms with Gasteiger partial charge in [-0.05, 0) is 55.4 Å². The molecule has 0 saturated carbocycles. The number of methoxy groups -OCH3 is 1. The Morgan fingerprint density at radius 1 is 0.973 bits per heavy atom. The van der Waals surface area contributed by atoms with Gasteiger partial charge in [0.15, 0.2) is 17.3 Å². The number of rotatable bonds is 10. The molecular weight excluding hydrogens is 466 g/mol. The van der Waals surface area contributed by atoms with Crippen molar-refractivity contribution in [1.29, 1.82) is 0 Å². The van der Waals surface area contributed by atoms with E-state index in [1.54, 1.807) is 7.11 Å². The van der Waals surface area contributed by atoms with Gasteiger partial charge in [0.2, 0.25) is 0 Å². The largest absolute Gasteiger partial charge is 0.493 e. The fourth-order valence-corrected chi connectivity index (χ4v) is 5.30. The number of carbonyl (C=O) groups is 2. The third kappa shape index (κ3) is 5.79. The van der Waals surface area contributed by atoms with E-state index in [2.05, 4.69) is 19.1 Å². The second kappa shape index (κ2) is 12.2. The molecule has 1 aliphatic heterocycles. The molecular formula is C31H37NO5. The van der Waals surface area contributed by atoms with Gasteiger partial charge in [0.1, 0.15) is 5.92 Å². The van der Waals surface area contributed by atoms with E-state index in [0.717, 1.165) is 36.1 Å². The number of hydrogen-bond donors (Lipinski definition) is 0. The topological polar surface area (TPSA) is 74.2 Å². The van der Waals surface area contributed by atoms with Gasteiger partial charge in [-0.2, -0.15) is 0 Å². The molecule has 196 valence electrons. The van der Waals surface area contributed by atoms with Crippen LogP contribution in [0.2, 0.25) is 0 Å². The molecule has 0 aromatic heterocycles. The molecule has 2 aliphatic rings. The summed E-state index contributed by atoms with van der Waals surface area (Å²) in [4.78, 5) is 32.0. The van der Waals surface area contributed by atoms with Crippen molar-refractivity contribution in [2.75, 3.05) is 20.3 Å². The van der Waals surface area contributed by atoms with E-state index in [4.69, 9.17) is 19.2 Å². The van der Waals surface area contributed by atoms with Crippen LogP contribution >= 0.6 is 0 Å². The van der Waals surface area contributed by atoms with Crippen molar-refractivity contribution < 1.29 is 23.8 Å². The lowest BCUT2D eigenvalue weighted by molar-refractivity contribution is -0.146. The van der Waals surface area contributed by atoms with E-state index in [-0.39, 0.29) is 17.7 Å². The molecule has 1 heterocycles. The first kappa shape index (κ1) is 26.6. The van der Waals surface area contributed by atoms with E-state index in [9.17, 15) is 9.59 Å². The van der Waals surface area contributed by atoms with Crippen LogP contribution in [0.5, 0.6) is 11.5 Å². The van der Waals surface area contributed by atoms with Crippen molar-refractivity contribution in [2.24, 2.45) is 10.9 Å². The molecule has 6 nitrogen and oxygen atoms in total. The third-order valence-corrected chi connectivity index (χ3v) is 7.16. The second-order valence-corrected chi connectivity index (χ2v) is 9.79. The predicted molar refractivity (Wildman–Crippen MR) is 144 cm³/mol. The molecule has 0 saturated heterocycles. The molecule has 0 amide bonds. The molecule has 0 fully saturated rings. The zero-order valence-electron chi connectivity index (χ0n) is 22.3. The number of nitrogens with zero attached hydrogens (tertiary/aromatic N) is 1. The zero-order chi connectivity index (χ0) is 26.4. The zero-order valence-corrected chi connectivity index (χ0v) is 22.3. The number of allylic oxidation sites excluding steroid dienone is 2. The Balaban J connectivity index is 1.77. The number of carbonyl (C=O) groups excluding carboxylic acids is 2. The van der Waals surface area contributed by atoms with Crippen molar-refractivity contribution in [3.8, 4) is 11.5 Å². The van der Waals surface area contributed by atoms with Crippen molar-refractivity contribution >= 4 is 17.5 Å². The summed E-state index contributed by atoms with van der Waals surface area (Å²) in [5.41, 5.74) is 4.03. The predicted octanol–water partition coefficient (Wildman–Crippen LogP) is 6.40. The van der Waals surface area contributed by atoms with E-state index < -0.39 is 11.8 Å². The van der Waals surface area contributed by atoms with Crippen molar-refractivity contribution in [3.05, 3.63) is 70.9 Å². The fourth-order valence-electron chi connectivity index (χ4n) is 5.30. The Hall–Kier alpha value is -3.41. The highest BCUT2D eigenvalue weighted by molar-refractivity contribution is 6.09. The number of esters is 1. The number of ketones is 1. The average molecular weight is 504 g/mol. The Morgan fingerprint density at radius 2 is 1.76 bits per heavy atom. The summed E-state index contributed by atoms with van der Waals surface area (Å²) in [6.07, 6.45) is 3.65. The Bertz CT molecular complexity index is 1180. The van der Waals surface area contributed by atoms with Crippen LogP contribution in [0.1, 0.15) is 75.8 Å². The second-order valence-electron chi connectivity index (χ2n) is 9.79. The molecule has 37 heavy (non-hydrogen) atoms. The summed E-state index contributed by atoms with van der Waals surface area (Å²) in [7, 11) is 1.60. The summed E-state index contributed by atoms with van der Waals surface area (Å²) >= 11 is 0. The average Bonchev–Trinajstić information content (AvgIpc) is 2.91. The van der Waals surface area contributed by atoms with Gasteiger partial charge in [-0.25, -0.2) is 0 Å². The van der Waals surface area contributed by atoms with Crippen LogP contribution in [0.4, 0.5) is 0 Å². The molecule has 0 bridgehead atoms. The summed E-state index contributed by atoms with van der Waals surface area (Å²) in [6.45, 7) is 6.90. The standard InChI is InChI=1S/C31H37NO5/c1-5-7-16-37-31(34)28-20(3)32-24-17-23(21-11-9-8-10-12-21)18-25(33)30(24)29(28)22-13-14-26(36-15-6-2)27(19-22)35-4/h8-14,19,23,28-29H,5-7,15-18H2,1-4H3/t23-,28?,29-/m0/s1. The highest BCUT2D eigenvalue weighted by atomic mass is 16.5. The van der Waals surface area contributed by atoms with E-state index in [0.29, 0.717) is 48.8 Å². The van der Waals surface area contributed by atoms with Gasteiger partial charge >= 0.3 is 5.97 Å². The number of hydrogen-bond acceptors (Lipinski definition) is 6. The van der Waals surface area contributed by atoms with Gasteiger partial charge in [-0.1, -0.05) is 56.7 Å². The summed E-state index contributed by atoms with van der Waals surface area (Å²) in [5.74, 6) is -0.166. The van der Waals surface area contributed by atoms with Crippen molar-refractivity contribution in [2.45, 2.75) is 64.7 Å². The maximum Gasteiger partial charge on any atom is 0.315 e. The fraction of sp³-hybridized carbons (Fsp3) is 0.452. The van der Waals surface area contributed by atoms with Crippen LogP contribution < -0.4 is 9.47 Å². The molecule has 2 aromatic rings. The lowest BCUT2D eigenvalue weighted by Gasteiger charge is -2.36. The van der Waals surface area contributed by atoms with Gasteiger partial charge in [-0.3, -0.25) is 14.6 Å². The molecule has 3 atom stereocenters. The van der Waals surface area contributed by atoms with Gasteiger partial charge < -0.3 is 14.2 Å². The highest BCUT2D eigenvalue weighted by Gasteiger charge is 2.45. The maximum atomic E-state index is 13.8.